The number of hydrogen-bond acceptors (Lipinski definition) is 2. The van der Waals surface area contributed by atoms with Gasteiger partial charge in [-0.3, -0.25) is 4.79 Å². The summed E-state index contributed by atoms with van der Waals surface area (Å²) in [6.07, 6.45) is 7.40. The van der Waals surface area contributed by atoms with Crippen LogP contribution >= 0.6 is 0 Å². The maximum atomic E-state index is 11.8. The molecular formula is C12H18O2. The molecule has 14 heavy (non-hydrogen) atoms. The summed E-state index contributed by atoms with van der Waals surface area (Å²) in [5, 5.41) is 0. The topological polar surface area (TPSA) is 26.3 Å². The molecule has 2 bridgehead atoms. The minimum absolute atomic E-state index is 0.00859. The third-order valence-corrected chi connectivity index (χ3v) is 4.69. The molecule has 3 aliphatic rings. The maximum absolute atomic E-state index is 11.8. The van der Waals surface area contributed by atoms with Crippen LogP contribution in [-0.4, -0.2) is 17.0 Å². The van der Waals surface area contributed by atoms with Gasteiger partial charge in [-0.25, -0.2) is 0 Å². The molecule has 3 fully saturated rings. The van der Waals surface area contributed by atoms with Crippen molar-refractivity contribution in [1.29, 1.82) is 0 Å². The summed E-state index contributed by atoms with van der Waals surface area (Å²) < 4.78 is 6.25. The van der Waals surface area contributed by atoms with Crippen molar-refractivity contribution in [2.45, 2.75) is 63.1 Å². The Morgan fingerprint density at radius 1 is 1.43 bits per heavy atom. The molecule has 2 aliphatic heterocycles. The van der Waals surface area contributed by atoms with E-state index in [4.69, 9.17) is 4.74 Å². The van der Waals surface area contributed by atoms with E-state index in [0.717, 1.165) is 38.5 Å². The zero-order valence-electron chi connectivity index (χ0n) is 8.84. The van der Waals surface area contributed by atoms with Crippen LogP contribution < -0.4 is 0 Å². The van der Waals surface area contributed by atoms with Crippen molar-refractivity contribution >= 4 is 5.78 Å². The van der Waals surface area contributed by atoms with Gasteiger partial charge in [0.1, 0.15) is 5.78 Å². The van der Waals surface area contributed by atoms with Gasteiger partial charge in [-0.05, 0) is 38.5 Å². The lowest BCUT2D eigenvalue weighted by molar-refractivity contribution is -0.134. The third kappa shape index (κ3) is 0.928. The van der Waals surface area contributed by atoms with E-state index in [-0.39, 0.29) is 17.1 Å². The van der Waals surface area contributed by atoms with Crippen LogP contribution in [0.2, 0.25) is 0 Å². The molecule has 0 amide bonds. The molecule has 1 aliphatic carbocycles. The van der Waals surface area contributed by atoms with Crippen molar-refractivity contribution in [1.82, 2.24) is 0 Å². The Hall–Kier alpha value is -0.370. The van der Waals surface area contributed by atoms with Gasteiger partial charge in [0, 0.05) is 12.3 Å². The molecule has 0 aromatic heterocycles. The Morgan fingerprint density at radius 2 is 2.29 bits per heavy atom. The molecule has 3 unspecified atom stereocenters. The van der Waals surface area contributed by atoms with Crippen LogP contribution in [0.5, 0.6) is 0 Å². The summed E-state index contributed by atoms with van der Waals surface area (Å²) in [4.78, 5) is 11.8. The molecule has 1 saturated carbocycles. The van der Waals surface area contributed by atoms with E-state index in [1.54, 1.807) is 0 Å². The molecule has 0 radical (unpaired) electrons. The predicted octanol–water partition coefficient (Wildman–Crippen LogP) is 2.46. The van der Waals surface area contributed by atoms with Gasteiger partial charge in [0.15, 0.2) is 0 Å². The maximum Gasteiger partial charge on any atom is 0.138 e. The molecule has 0 aromatic carbocycles. The average molecular weight is 194 g/mol. The number of ketones is 1. The highest BCUT2D eigenvalue weighted by Gasteiger charge is 2.62. The normalized spacial score (nSPS) is 50.9. The zero-order chi connectivity index (χ0) is 9.81. The van der Waals surface area contributed by atoms with E-state index in [2.05, 4.69) is 6.92 Å². The number of ether oxygens (including phenoxy) is 1. The number of fused-ring (bicyclic) bond motifs is 1. The number of carbonyl (C=O) groups is 1. The van der Waals surface area contributed by atoms with Crippen molar-refractivity contribution in [2.24, 2.45) is 5.92 Å². The Labute approximate surface area is 85.0 Å². The molecule has 2 heteroatoms. The zero-order valence-corrected chi connectivity index (χ0v) is 8.84. The van der Waals surface area contributed by atoms with Crippen LogP contribution in [0.25, 0.3) is 0 Å². The highest BCUT2D eigenvalue weighted by Crippen LogP contribution is 2.59. The van der Waals surface area contributed by atoms with E-state index in [1.807, 2.05) is 0 Å². The van der Waals surface area contributed by atoms with Gasteiger partial charge in [0.25, 0.3) is 0 Å². The van der Waals surface area contributed by atoms with Gasteiger partial charge in [-0.1, -0.05) is 6.92 Å². The van der Waals surface area contributed by atoms with Crippen molar-refractivity contribution in [3.05, 3.63) is 0 Å². The summed E-state index contributed by atoms with van der Waals surface area (Å²) in [6.45, 7) is 2.20. The Balaban J connectivity index is 1.96. The third-order valence-electron chi connectivity index (χ3n) is 4.69. The first-order valence-corrected chi connectivity index (χ1v) is 5.93. The second-order valence-corrected chi connectivity index (χ2v) is 5.28. The molecule has 78 valence electrons. The molecule has 0 N–H and O–H groups in total. The monoisotopic (exact) mass is 194 g/mol. The Morgan fingerprint density at radius 3 is 3.00 bits per heavy atom. The van der Waals surface area contributed by atoms with E-state index in [9.17, 15) is 4.79 Å². The second kappa shape index (κ2) is 2.60. The number of Topliss-reactive ketones (excluding diaryl/α,β-unsaturated/α-hetero) is 1. The smallest absolute Gasteiger partial charge is 0.138 e. The van der Waals surface area contributed by atoms with Gasteiger partial charge in [-0.15, -0.1) is 0 Å². The van der Waals surface area contributed by atoms with Crippen molar-refractivity contribution in [3.63, 3.8) is 0 Å². The predicted molar refractivity (Wildman–Crippen MR) is 53.0 cm³/mol. The number of carbonyl (C=O) groups excluding carboxylic acids is 1. The molecular weight excluding hydrogens is 176 g/mol. The highest BCUT2D eigenvalue weighted by molar-refractivity contribution is 5.83. The van der Waals surface area contributed by atoms with E-state index >= 15 is 0 Å². The van der Waals surface area contributed by atoms with Crippen LogP contribution in [0.3, 0.4) is 0 Å². The lowest BCUT2D eigenvalue weighted by Gasteiger charge is -2.35. The van der Waals surface area contributed by atoms with Crippen molar-refractivity contribution < 1.29 is 9.53 Å². The molecule has 1 spiro atoms. The van der Waals surface area contributed by atoms with Gasteiger partial charge >= 0.3 is 0 Å². The molecule has 2 nitrogen and oxygen atoms in total. The fourth-order valence-electron chi connectivity index (χ4n) is 3.81. The van der Waals surface area contributed by atoms with Crippen LogP contribution in [-0.2, 0) is 9.53 Å². The van der Waals surface area contributed by atoms with Gasteiger partial charge in [-0.2, -0.15) is 0 Å². The number of rotatable bonds is 1. The fraction of sp³-hybridized carbons (Fsp3) is 0.917. The first kappa shape index (κ1) is 8.90. The summed E-state index contributed by atoms with van der Waals surface area (Å²) in [5.74, 6) is 0.733. The average Bonchev–Trinajstić information content (AvgIpc) is 2.71. The lowest BCUT2D eigenvalue weighted by atomic mass is 9.66. The van der Waals surface area contributed by atoms with E-state index in [0.29, 0.717) is 5.78 Å². The standard InChI is InChI=1S/C12H18O2/c1-2-11-6-7-12(14-11)5-3-4-10(13)9(12)8-11/h9H,2-8H2,1H3. The first-order valence-electron chi connectivity index (χ1n) is 5.93. The summed E-state index contributed by atoms with van der Waals surface area (Å²) in [7, 11) is 0. The second-order valence-electron chi connectivity index (χ2n) is 5.28. The van der Waals surface area contributed by atoms with Gasteiger partial charge in [0.2, 0.25) is 0 Å². The molecule has 3 rings (SSSR count). The van der Waals surface area contributed by atoms with Crippen LogP contribution in [0, 0.1) is 5.92 Å². The van der Waals surface area contributed by atoms with Crippen LogP contribution in [0.1, 0.15) is 51.9 Å². The molecule has 3 atom stereocenters. The van der Waals surface area contributed by atoms with Gasteiger partial charge < -0.3 is 4.74 Å². The van der Waals surface area contributed by atoms with Crippen molar-refractivity contribution in [3.8, 4) is 0 Å². The minimum atomic E-state index is -0.00859. The van der Waals surface area contributed by atoms with Gasteiger partial charge in [0.05, 0.1) is 11.2 Å². The van der Waals surface area contributed by atoms with E-state index < -0.39 is 0 Å². The molecule has 2 heterocycles. The first-order chi connectivity index (χ1) is 6.70. The minimum Gasteiger partial charge on any atom is -0.368 e. The summed E-state index contributed by atoms with van der Waals surface area (Å²) in [6, 6.07) is 0. The van der Waals surface area contributed by atoms with Crippen LogP contribution in [0.15, 0.2) is 0 Å². The number of hydrogen-bond donors (Lipinski definition) is 0. The molecule has 2 saturated heterocycles. The SMILES string of the molecule is CCC12CCC3(CCCC(=O)C3C1)O2. The van der Waals surface area contributed by atoms with E-state index in [1.165, 1.54) is 6.42 Å². The summed E-state index contributed by atoms with van der Waals surface area (Å²) in [5.41, 5.74) is 0.0794. The highest BCUT2D eigenvalue weighted by atomic mass is 16.5. The lowest BCUT2D eigenvalue weighted by Crippen LogP contribution is -2.42. The fourth-order valence-corrected chi connectivity index (χ4v) is 3.81. The molecule has 0 aromatic rings. The Bertz CT molecular complexity index is 286. The quantitative estimate of drug-likeness (QED) is 0.641. The Kier molecular flexibility index (Phi) is 1.65. The summed E-state index contributed by atoms with van der Waals surface area (Å²) >= 11 is 0. The van der Waals surface area contributed by atoms with Crippen LogP contribution in [0.4, 0.5) is 0 Å². The largest absolute Gasteiger partial charge is 0.368 e. The van der Waals surface area contributed by atoms with Crippen molar-refractivity contribution in [2.75, 3.05) is 0 Å².